The standard InChI is InChI=1S/C63H40N4O/c1-6-20-41(21-7-1)47-31-18-32-48(42-22-8-2-9-23-42)57(47)45-36-37-49(53(40-45)63-65-61(43-24-10-3-11-25-43)64-62(66-63)44-26-12-4-13-27-44)51-33-19-35-55-58(51)59-56(68-55)39-38-52-50-30-16-17-34-54(50)67(60(52)59)46-28-14-5-15-29-46/h1-40H. The van der Waals surface area contributed by atoms with E-state index in [1.165, 1.54) is 5.39 Å². The lowest BCUT2D eigenvalue weighted by Gasteiger charge is -2.19. The number of nitrogens with zero attached hydrogens (tertiary/aromatic N) is 4. The van der Waals surface area contributed by atoms with Crippen molar-refractivity contribution in [2.24, 2.45) is 0 Å². The summed E-state index contributed by atoms with van der Waals surface area (Å²) in [6, 6.07) is 85.1. The molecule has 0 saturated carbocycles. The molecule has 3 heterocycles. The predicted molar refractivity (Wildman–Crippen MR) is 279 cm³/mol. The third-order valence-corrected chi connectivity index (χ3v) is 13.1. The normalized spacial score (nSPS) is 11.5. The number of aromatic nitrogens is 4. The molecule has 0 unspecified atom stereocenters. The van der Waals surface area contributed by atoms with Gasteiger partial charge in [0.1, 0.15) is 11.2 Å². The second-order valence-electron chi connectivity index (χ2n) is 17.1. The van der Waals surface area contributed by atoms with Gasteiger partial charge in [0, 0.05) is 38.5 Å². The number of hydrogen-bond acceptors (Lipinski definition) is 4. The van der Waals surface area contributed by atoms with Gasteiger partial charge in [0.2, 0.25) is 0 Å². The summed E-state index contributed by atoms with van der Waals surface area (Å²) in [6.07, 6.45) is 0. The maximum absolute atomic E-state index is 6.88. The van der Waals surface area contributed by atoms with Crippen molar-refractivity contribution < 1.29 is 4.42 Å². The van der Waals surface area contributed by atoms with E-state index in [0.717, 1.165) is 105 Å². The van der Waals surface area contributed by atoms with E-state index in [1.54, 1.807) is 0 Å². The Kier molecular flexibility index (Phi) is 9.43. The van der Waals surface area contributed by atoms with Crippen LogP contribution in [0.2, 0.25) is 0 Å². The first kappa shape index (κ1) is 39.2. The summed E-state index contributed by atoms with van der Waals surface area (Å²) < 4.78 is 9.26. The Morgan fingerprint density at radius 2 is 0.824 bits per heavy atom. The highest BCUT2D eigenvalue weighted by atomic mass is 16.3. The van der Waals surface area contributed by atoms with Gasteiger partial charge in [-0.2, -0.15) is 0 Å². The van der Waals surface area contributed by atoms with Crippen LogP contribution >= 0.6 is 0 Å². The first-order chi connectivity index (χ1) is 33.7. The van der Waals surface area contributed by atoms with Gasteiger partial charge in [0.05, 0.1) is 16.4 Å². The van der Waals surface area contributed by atoms with Crippen LogP contribution in [-0.4, -0.2) is 19.5 Å². The fourth-order valence-corrected chi connectivity index (χ4v) is 10.1. The molecule has 0 N–H and O–H groups in total. The van der Waals surface area contributed by atoms with E-state index >= 15 is 0 Å². The van der Waals surface area contributed by atoms with Gasteiger partial charge in [-0.1, -0.05) is 200 Å². The fourth-order valence-electron chi connectivity index (χ4n) is 10.1. The van der Waals surface area contributed by atoms with Gasteiger partial charge in [-0.15, -0.1) is 0 Å². The topological polar surface area (TPSA) is 56.7 Å². The first-order valence-corrected chi connectivity index (χ1v) is 22.9. The molecule has 0 fully saturated rings. The minimum absolute atomic E-state index is 0.571. The van der Waals surface area contributed by atoms with Gasteiger partial charge < -0.3 is 8.98 Å². The minimum atomic E-state index is 0.571. The second kappa shape index (κ2) is 16.4. The quantitative estimate of drug-likeness (QED) is 0.153. The lowest BCUT2D eigenvalue weighted by Crippen LogP contribution is -2.01. The summed E-state index contributed by atoms with van der Waals surface area (Å²) in [5.74, 6) is 1.77. The number of benzene rings is 10. The van der Waals surface area contributed by atoms with Crippen LogP contribution in [0.4, 0.5) is 0 Å². The smallest absolute Gasteiger partial charge is 0.164 e. The van der Waals surface area contributed by atoms with Crippen LogP contribution in [0.25, 0.3) is 128 Å². The van der Waals surface area contributed by atoms with Crippen molar-refractivity contribution in [3.63, 3.8) is 0 Å². The van der Waals surface area contributed by atoms with E-state index in [2.05, 4.69) is 211 Å². The Morgan fingerprint density at radius 3 is 1.46 bits per heavy atom. The van der Waals surface area contributed by atoms with E-state index in [9.17, 15) is 0 Å². The molecule has 13 aromatic rings. The molecule has 0 radical (unpaired) electrons. The SMILES string of the molecule is c1ccc(-c2nc(-c3ccccc3)nc(-c3cc(-c4c(-c5ccccc5)cccc4-c4ccccc4)ccc3-c3cccc4oc5ccc6c7ccccc7n(-c7ccccc7)c6c5c34)n2)cc1. The molecule has 0 aliphatic heterocycles. The van der Waals surface area contributed by atoms with Crippen molar-refractivity contribution in [3.8, 4) is 84.4 Å². The molecule has 5 heteroatoms. The highest BCUT2D eigenvalue weighted by Gasteiger charge is 2.25. The minimum Gasteiger partial charge on any atom is -0.456 e. The number of hydrogen-bond donors (Lipinski definition) is 0. The summed E-state index contributed by atoms with van der Waals surface area (Å²) in [6.45, 7) is 0. The highest BCUT2D eigenvalue weighted by molar-refractivity contribution is 6.27. The molecule has 13 rings (SSSR count). The van der Waals surface area contributed by atoms with Gasteiger partial charge in [-0.3, -0.25) is 0 Å². The maximum Gasteiger partial charge on any atom is 0.164 e. The number of rotatable bonds is 8. The van der Waals surface area contributed by atoms with Crippen LogP contribution in [0.3, 0.4) is 0 Å². The number of para-hydroxylation sites is 2. The Labute approximate surface area is 392 Å². The van der Waals surface area contributed by atoms with E-state index in [0.29, 0.717) is 17.5 Å². The van der Waals surface area contributed by atoms with Crippen LogP contribution in [0, 0.1) is 0 Å². The first-order valence-electron chi connectivity index (χ1n) is 22.9. The zero-order chi connectivity index (χ0) is 45.0. The largest absolute Gasteiger partial charge is 0.456 e. The third-order valence-electron chi connectivity index (χ3n) is 13.1. The molecule has 0 bridgehead atoms. The van der Waals surface area contributed by atoms with E-state index < -0.39 is 0 Å². The van der Waals surface area contributed by atoms with Gasteiger partial charge in [0.15, 0.2) is 17.5 Å². The van der Waals surface area contributed by atoms with Crippen molar-refractivity contribution in [2.45, 2.75) is 0 Å². The Bertz CT molecular complexity index is 3880. The monoisotopic (exact) mass is 868 g/mol. The molecule has 0 spiro atoms. The Balaban J connectivity index is 1.15. The molecule has 3 aromatic heterocycles. The lowest BCUT2D eigenvalue weighted by molar-refractivity contribution is 0.669. The molecule has 10 aromatic carbocycles. The highest BCUT2D eigenvalue weighted by Crippen LogP contribution is 2.48. The van der Waals surface area contributed by atoms with Crippen LogP contribution in [0.5, 0.6) is 0 Å². The second-order valence-corrected chi connectivity index (χ2v) is 17.1. The Morgan fingerprint density at radius 1 is 0.309 bits per heavy atom. The molecule has 5 nitrogen and oxygen atoms in total. The zero-order valence-electron chi connectivity index (χ0n) is 36.8. The zero-order valence-corrected chi connectivity index (χ0v) is 36.8. The average molecular weight is 869 g/mol. The number of furan rings is 1. The van der Waals surface area contributed by atoms with Crippen LogP contribution in [-0.2, 0) is 0 Å². The third kappa shape index (κ3) is 6.59. The average Bonchev–Trinajstić information content (AvgIpc) is 3.98. The predicted octanol–water partition coefficient (Wildman–Crippen LogP) is 16.5. The van der Waals surface area contributed by atoms with E-state index in [-0.39, 0.29) is 0 Å². The van der Waals surface area contributed by atoms with E-state index in [4.69, 9.17) is 19.4 Å². The molecule has 0 saturated heterocycles. The van der Waals surface area contributed by atoms with E-state index in [1.807, 2.05) is 36.4 Å². The summed E-state index contributed by atoms with van der Waals surface area (Å²) in [7, 11) is 0. The molecule has 0 aliphatic carbocycles. The van der Waals surface area contributed by atoms with Crippen molar-refractivity contribution in [2.75, 3.05) is 0 Å². The van der Waals surface area contributed by atoms with Crippen LogP contribution in [0.15, 0.2) is 247 Å². The maximum atomic E-state index is 6.88. The van der Waals surface area contributed by atoms with Gasteiger partial charge in [-0.05, 0) is 87.0 Å². The fraction of sp³-hybridized carbons (Fsp3) is 0. The van der Waals surface area contributed by atoms with Crippen molar-refractivity contribution in [1.29, 1.82) is 0 Å². The van der Waals surface area contributed by atoms with Crippen LogP contribution < -0.4 is 0 Å². The van der Waals surface area contributed by atoms with Gasteiger partial charge in [-0.25, -0.2) is 15.0 Å². The van der Waals surface area contributed by atoms with Crippen molar-refractivity contribution >= 4 is 43.7 Å². The van der Waals surface area contributed by atoms with Gasteiger partial charge in [0.25, 0.3) is 0 Å². The molecule has 0 amide bonds. The molecule has 0 aliphatic rings. The van der Waals surface area contributed by atoms with Gasteiger partial charge >= 0.3 is 0 Å². The molecular weight excluding hydrogens is 829 g/mol. The van der Waals surface area contributed by atoms with Crippen molar-refractivity contribution in [1.82, 2.24) is 19.5 Å². The molecule has 0 atom stereocenters. The summed E-state index contributed by atoms with van der Waals surface area (Å²) in [4.78, 5) is 15.9. The molecular formula is C63H40N4O. The number of fused-ring (bicyclic) bond motifs is 7. The molecule has 68 heavy (non-hydrogen) atoms. The lowest BCUT2D eigenvalue weighted by atomic mass is 9.85. The van der Waals surface area contributed by atoms with Crippen molar-refractivity contribution in [3.05, 3.63) is 243 Å². The molecule has 318 valence electrons. The van der Waals surface area contributed by atoms with Crippen LogP contribution in [0.1, 0.15) is 0 Å². The Hall–Kier alpha value is -9.19. The summed E-state index contributed by atoms with van der Waals surface area (Å²) in [5.41, 5.74) is 16.3. The summed E-state index contributed by atoms with van der Waals surface area (Å²) >= 11 is 0. The summed E-state index contributed by atoms with van der Waals surface area (Å²) in [5, 5.41) is 4.42.